The highest BCUT2D eigenvalue weighted by molar-refractivity contribution is 6.35. The lowest BCUT2D eigenvalue weighted by Crippen LogP contribution is -2.28. The fourth-order valence-electron chi connectivity index (χ4n) is 1.35. The van der Waals surface area contributed by atoms with Gasteiger partial charge in [-0.05, 0) is 0 Å². The molecule has 18 heavy (non-hydrogen) atoms. The van der Waals surface area contributed by atoms with Crippen molar-refractivity contribution < 1.29 is 24.0 Å². The Balaban J connectivity index is 3.05. The molecule has 6 nitrogen and oxygen atoms in total. The molecule has 2 amide bonds. The van der Waals surface area contributed by atoms with Crippen LogP contribution < -0.4 is 0 Å². The highest BCUT2D eigenvalue weighted by atomic mass is 16.2. The highest BCUT2D eigenvalue weighted by Crippen LogP contribution is 2.10. The van der Waals surface area contributed by atoms with Crippen molar-refractivity contribution in [2.75, 3.05) is 6.54 Å². The number of carbonyl (C=O) groups excluding carboxylic acids is 5. The summed E-state index contributed by atoms with van der Waals surface area (Å²) in [5.74, 6) is -1.43. The molecule has 0 heterocycles. The first-order valence-corrected chi connectivity index (χ1v) is 4.92. The van der Waals surface area contributed by atoms with E-state index < -0.39 is 18.1 Å². The predicted molar refractivity (Wildman–Crippen MR) is 60.0 cm³/mol. The quantitative estimate of drug-likeness (QED) is 0.380. The molecule has 0 bridgehead atoms. The Morgan fingerprint density at radius 2 is 1.56 bits per heavy atom. The first kappa shape index (κ1) is 13.4. The average Bonchev–Trinajstić information content (AvgIpc) is 2.43. The number of amides is 2. The van der Waals surface area contributed by atoms with Crippen LogP contribution in [0, 0.1) is 0 Å². The van der Waals surface area contributed by atoms with Gasteiger partial charge >= 0.3 is 0 Å². The second-order valence-electron chi connectivity index (χ2n) is 3.33. The summed E-state index contributed by atoms with van der Waals surface area (Å²) in [6, 6.07) is 5.70. The molecule has 0 spiro atoms. The zero-order valence-corrected chi connectivity index (χ0v) is 9.24. The molecule has 0 radical (unpaired) electrons. The molecule has 1 aromatic rings. The maximum atomic E-state index is 11.8. The normalized spacial score (nSPS) is 9.33. The van der Waals surface area contributed by atoms with E-state index in [0.717, 1.165) is 0 Å². The molecule has 0 N–H and O–H groups in total. The Hall–Kier alpha value is -2.63. The number of imide groups is 1. The van der Waals surface area contributed by atoms with Gasteiger partial charge in [-0.25, -0.2) is 0 Å². The Bertz CT molecular complexity index is 501. The second kappa shape index (κ2) is 6.19. The first-order chi connectivity index (χ1) is 8.63. The SMILES string of the molecule is O=CC(=O)c1ccccc1C(=O)CN(C=O)C=O. The number of carbonyl (C=O) groups is 5. The van der Waals surface area contributed by atoms with Crippen molar-refractivity contribution >= 4 is 30.7 Å². The van der Waals surface area contributed by atoms with Gasteiger partial charge in [0.25, 0.3) is 0 Å². The molecule has 1 aromatic carbocycles. The van der Waals surface area contributed by atoms with Gasteiger partial charge in [-0.2, -0.15) is 0 Å². The summed E-state index contributed by atoms with van der Waals surface area (Å²) in [7, 11) is 0. The monoisotopic (exact) mass is 247 g/mol. The zero-order valence-electron chi connectivity index (χ0n) is 9.24. The maximum absolute atomic E-state index is 11.8. The standard InChI is InChI=1S/C12H9NO5/c14-6-12(18)10-4-2-1-3-9(10)11(17)5-13(7-15)8-16/h1-4,6-8H,5H2. The van der Waals surface area contributed by atoms with Crippen LogP contribution >= 0.6 is 0 Å². The summed E-state index contributed by atoms with van der Waals surface area (Å²) in [6.45, 7) is -0.476. The second-order valence-corrected chi connectivity index (χ2v) is 3.33. The number of nitrogens with zero attached hydrogens (tertiary/aromatic N) is 1. The summed E-state index contributed by atoms with van der Waals surface area (Å²) in [5.41, 5.74) is -0.0439. The van der Waals surface area contributed by atoms with Crippen LogP contribution in [0.1, 0.15) is 20.7 Å². The van der Waals surface area contributed by atoms with Gasteiger partial charge in [0.2, 0.25) is 18.6 Å². The summed E-state index contributed by atoms with van der Waals surface area (Å²) in [6.07, 6.45) is 0.507. The molecule has 0 aromatic heterocycles. The molecule has 0 fully saturated rings. The summed E-state index contributed by atoms with van der Waals surface area (Å²) >= 11 is 0. The van der Waals surface area contributed by atoms with Crippen LogP contribution in [0.15, 0.2) is 24.3 Å². The van der Waals surface area contributed by atoms with E-state index in [-0.39, 0.29) is 30.2 Å². The van der Waals surface area contributed by atoms with Gasteiger partial charge in [-0.3, -0.25) is 28.9 Å². The average molecular weight is 247 g/mol. The molecular formula is C12H9NO5. The number of hydrogen-bond acceptors (Lipinski definition) is 5. The maximum Gasteiger partial charge on any atom is 0.226 e. The fourth-order valence-corrected chi connectivity index (χ4v) is 1.35. The Kier molecular flexibility index (Phi) is 4.62. The molecule has 0 aliphatic heterocycles. The van der Waals surface area contributed by atoms with Crippen molar-refractivity contribution in [3.05, 3.63) is 35.4 Å². The molecule has 1 rings (SSSR count). The minimum absolute atomic E-state index is 0.00306. The van der Waals surface area contributed by atoms with Gasteiger partial charge in [0.15, 0.2) is 12.1 Å². The van der Waals surface area contributed by atoms with Crippen molar-refractivity contribution in [2.45, 2.75) is 0 Å². The number of benzene rings is 1. The molecule has 92 valence electrons. The molecule has 0 unspecified atom stereocenters. The van der Waals surface area contributed by atoms with E-state index >= 15 is 0 Å². The van der Waals surface area contributed by atoms with Crippen molar-refractivity contribution in [3.8, 4) is 0 Å². The zero-order chi connectivity index (χ0) is 13.5. The van der Waals surface area contributed by atoms with Crippen LogP contribution in [0.2, 0.25) is 0 Å². The predicted octanol–water partition coefficient (Wildman–Crippen LogP) is -0.134. The molecule has 0 saturated carbocycles. The van der Waals surface area contributed by atoms with Crippen LogP contribution in [0.5, 0.6) is 0 Å². The largest absolute Gasteiger partial charge is 0.294 e. The highest BCUT2D eigenvalue weighted by Gasteiger charge is 2.17. The molecule has 0 aliphatic rings. The van der Waals surface area contributed by atoms with E-state index in [2.05, 4.69) is 0 Å². The number of rotatable bonds is 7. The van der Waals surface area contributed by atoms with Gasteiger partial charge < -0.3 is 0 Å². The van der Waals surface area contributed by atoms with E-state index in [9.17, 15) is 24.0 Å². The van der Waals surface area contributed by atoms with Gasteiger partial charge in [0.1, 0.15) is 0 Å². The topological polar surface area (TPSA) is 88.6 Å². The van der Waals surface area contributed by atoms with E-state index in [1.807, 2.05) is 0 Å². The van der Waals surface area contributed by atoms with E-state index in [4.69, 9.17) is 0 Å². The van der Waals surface area contributed by atoms with Crippen LogP contribution in [0.4, 0.5) is 0 Å². The van der Waals surface area contributed by atoms with Crippen molar-refractivity contribution in [1.29, 1.82) is 0 Å². The minimum atomic E-state index is -0.831. The molecule has 6 heteroatoms. The van der Waals surface area contributed by atoms with Crippen LogP contribution in [0.3, 0.4) is 0 Å². The van der Waals surface area contributed by atoms with Crippen LogP contribution in [-0.4, -0.2) is 42.1 Å². The number of aldehydes is 1. The molecular weight excluding hydrogens is 238 g/mol. The van der Waals surface area contributed by atoms with Gasteiger partial charge in [-0.1, -0.05) is 24.3 Å². The minimum Gasteiger partial charge on any atom is -0.294 e. The first-order valence-electron chi connectivity index (χ1n) is 4.92. The summed E-state index contributed by atoms with van der Waals surface area (Å²) < 4.78 is 0. The third-order valence-electron chi connectivity index (χ3n) is 2.20. The van der Waals surface area contributed by atoms with E-state index in [0.29, 0.717) is 4.90 Å². The number of ketones is 2. The third kappa shape index (κ3) is 2.94. The van der Waals surface area contributed by atoms with Crippen LogP contribution in [-0.2, 0) is 14.4 Å². The van der Waals surface area contributed by atoms with Gasteiger partial charge in [-0.15, -0.1) is 0 Å². The molecule has 0 saturated heterocycles. The Labute approximate surface area is 102 Å². The molecule has 0 atom stereocenters. The number of hydrogen-bond donors (Lipinski definition) is 0. The lowest BCUT2D eigenvalue weighted by atomic mass is 10.0. The van der Waals surface area contributed by atoms with Crippen LogP contribution in [0.25, 0.3) is 0 Å². The fraction of sp³-hybridized carbons (Fsp3) is 0.0833. The van der Waals surface area contributed by atoms with Gasteiger partial charge in [0, 0.05) is 11.1 Å². The Morgan fingerprint density at radius 1 is 1.00 bits per heavy atom. The lowest BCUT2D eigenvalue weighted by Gasteiger charge is -2.09. The summed E-state index contributed by atoms with van der Waals surface area (Å²) in [4.78, 5) is 54.9. The third-order valence-corrected chi connectivity index (χ3v) is 2.20. The smallest absolute Gasteiger partial charge is 0.226 e. The van der Waals surface area contributed by atoms with Crippen molar-refractivity contribution in [1.82, 2.24) is 4.90 Å². The summed E-state index contributed by atoms with van der Waals surface area (Å²) in [5, 5.41) is 0. The number of Topliss-reactive ketones (excluding diaryl/α,β-unsaturated/α-hetero) is 2. The van der Waals surface area contributed by atoms with Crippen molar-refractivity contribution in [2.24, 2.45) is 0 Å². The molecule has 0 aliphatic carbocycles. The van der Waals surface area contributed by atoms with Crippen molar-refractivity contribution in [3.63, 3.8) is 0 Å². The van der Waals surface area contributed by atoms with E-state index in [1.54, 1.807) is 0 Å². The van der Waals surface area contributed by atoms with Gasteiger partial charge in [0.05, 0.1) is 6.54 Å². The lowest BCUT2D eigenvalue weighted by molar-refractivity contribution is -0.128. The van der Waals surface area contributed by atoms with E-state index in [1.165, 1.54) is 24.3 Å². The Morgan fingerprint density at radius 3 is 2.06 bits per heavy atom.